The smallest absolute Gasteiger partial charge is 0.306 e. The van der Waals surface area contributed by atoms with E-state index in [9.17, 15) is 9.59 Å². The Morgan fingerprint density at radius 2 is 1.96 bits per heavy atom. The Hall–Kier alpha value is -3.33. The number of rotatable bonds is 8. The first-order chi connectivity index (χ1) is 12.6. The summed E-state index contributed by atoms with van der Waals surface area (Å²) in [6.07, 6.45) is 0.652. The molecule has 0 spiro atoms. The van der Waals surface area contributed by atoms with Crippen LogP contribution in [0.4, 0.5) is 5.69 Å². The zero-order chi connectivity index (χ0) is 18.8. The molecule has 0 aromatic heterocycles. The molecule has 0 heterocycles. The number of amides is 1. The number of benzene rings is 2. The highest BCUT2D eigenvalue weighted by Crippen LogP contribution is 2.14. The van der Waals surface area contributed by atoms with E-state index in [1.54, 1.807) is 24.3 Å². The zero-order valence-electron chi connectivity index (χ0n) is 14.5. The van der Waals surface area contributed by atoms with Gasteiger partial charge in [0.15, 0.2) is 6.61 Å². The molecule has 6 nitrogen and oxygen atoms in total. The van der Waals surface area contributed by atoms with Crippen LogP contribution >= 0.6 is 0 Å². The van der Waals surface area contributed by atoms with Gasteiger partial charge in [0.2, 0.25) is 0 Å². The molecule has 0 atom stereocenters. The molecule has 0 fully saturated rings. The van der Waals surface area contributed by atoms with Crippen molar-refractivity contribution in [3.8, 4) is 11.8 Å². The number of hydrogen-bond acceptors (Lipinski definition) is 5. The molecule has 2 rings (SSSR count). The van der Waals surface area contributed by atoms with Gasteiger partial charge in [-0.25, -0.2) is 0 Å². The molecule has 26 heavy (non-hydrogen) atoms. The number of hydrogen-bond donors (Lipinski definition) is 1. The number of nitrogens with one attached hydrogen (secondary N) is 1. The Bertz CT molecular complexity index is 811. The maximum atomic E-state index is 11.8. The average Bonchev–Trinajstić information content (AvgIpc) is 2.64. The fourth-order valence-corrected chi connectivity index (χ4v) is 2.21. The first-order valence-corrected chi connectivity index (χ1v) is 8.22. The minimum Gasteiger partial charge on any atom is -0.494 e. The van der Waals surface area contributed by atoms with Crippen LogP contribution in [0.1, 0.15) is 24.0 Å². The van der Waals surface area contributed by atoms with E-state index in [1.165, 1.54) is 0 Å². The van der Waals surface area contributed by atoms with Crippen LogP contribution in [0.25, 0.3) is 0 Å². The van der Waals surface area contributed by atoms with E-state index in [0.717, 1.165) is 11.3 Å². The number of esters is 1. The van der Waals surface area contributed by atoms with Gasteiger partial charge in [-0.15, -0.1) is 0 Å². The van der Waals surface area contributed by atoms with Gasteiger partial charge in [0.1, 0.15) is 11.8 Å². The Morgan fingerprint density at radius 3 is 2.73 bits per heavy atom. The van der Waals surface area contributed by atoms with Crippen molar-refractivity contribution in [2.24, 2.45) is 0 Å². The Labute approximate surface area is 152 Å². The molecule has 1 N–H and O–H groups in total. The van der Waals surface area contributed by atoms with Gasteiger partial charge in [-0.3, -0.25) is 9.59 Å². The highest BCUT2D eigenvalue weighted by molar-refractivity contribution is 5.93. The number of carbonyl (C=O) groups excluding carboxylic acids is 2. The molecule has 1 amide bonds. The lowest BCUT2D eigenvalue weighted by Crippen LogP contribution is -2.21. The second-order valence-electron chi connectivity index (χ2n) is 5.63. The van der Waals surface area contributed by atoms with Crippen molar-refractivity contribution in [1.29, 1.82) is 5.26 Å². The topological polar surface area (TPSA) is 88.4 Å². The average molecular weight is 352 g/mol. The predicted molar refractivity (Wildman–Crippen MR) is 96.7 cm³/mol. The van der Waals surface area contributed by atoms with Crippen LogP contribution in [0.2, 0.25) is 0 Å². The summed E-state index contributed by atoms with van der Waals surface area (Å²) in [7, 11) is 0. The van der Waals surface area contributed by atoms with Crippen LogP contribution < -0.4 is 10.1 Å². The highest BCUT2D eigenvalue weighted by atomic mass is 16.5. The third-order valence-electron chi connectivity index (χ3n) is 3.47. The minimum atomic E-state index is -0.489. The minimum absolute atomic E-state index is 0.161. The SMILES string of the molecule is Cc1cccc(OCCCC(=O)OCC(=O)Nc2ccccc2C#N)c1. The van der Waals surface area contributed by atoms with Gasteiger partial charge in [-0.1, -0.05) is 24.3 Å². The van der Waals surface area contributed by atoms with E-state index in [2.05, 4.69) is 5.32 Å². The van der Waals surface area contributed by atoms with Crippen molar-refractivity contribution in [1.82, 2.24) is 0 Å². The van der Waals surface area contributed by atoms with Gasteiger partial charge in [0.25, 0.3) is 5.91 Å². The van der Waals surface area contributed by atoms with Crippen molar-refractivity contribution in [3.05, 3.63) is 59.7 Å². The predicted octanol–water partition coefficient (Wildman–Crippen LogP) is 3.21. The summed E-state index contributed by atoms with van der Waals surface area (Å²) in [5.41, 5.74) is 1.84. The van der Waals surface area contributed by atoms with E-state index in [0.29, 0.717) is 24.3 Å². The maximum Gasteiger partial charge on any atom is 0.306 e. The number of nitrogens with zero attached hydrogens (tertiary/aromatic N) is 1. The molecule has 0 bridgehead atoms. The van der Waals surface area contributed by atoms with Gasteiger partial charge in [-0.2, -0.15) is 5.26 Å². The summed E-state index contributed by atoms with van der Waals surface area (Å²) in [5.74, 6) is -0.201. The molecule has 6 heteroatoms. The summed E-state index contributed by atoms with van der Waals surface area (Å²) in [6.45, 7) is 1.97. The monoisotopic (exact) mass is 352 g/mol. The van der Waals surface area contributed by atoms with E-state index in [1.807, 2.05) is 37.3 Å². The number of nitriles is 1. The van der Waals surface area contributed by atoms with Crippen LogP contribution in [-0.2, 0) is 14.3 Å². The number of aryl methyl sites for hydroxylation is 1. The second-order valence-corrected chi connectivity index (χ2v) is 5.63. The molecule has 0 saturated carbocycles. The molecule has 2 aromatic carbocycles. The Balaban J connectivity index is 1.65. The van der Waals surface area contributed by atoms with Crippen molar-refractivity contribution >= 4 is 17.6 Å². The molecule has 134 valence electrons. The Morgan fingerprint density at radius 1 is 1.15 bits per heavy atom. The number of carbonyl (C=O) groups is 2. The normalized spacial score (nSPS) is 9.85. The summed E-state index contributed by atoms with van der Waals surface area (Å²) in [6, 6.07) is 16.2. The first kappa shape index (κ1) is 19.0. The van der Waals surface area contributed by atoms with Crippen LogP contribution in [0.15, 0.2) is 48.5 Å². The zero-order valence-corrected chi connectivity index (χ0v) is 14.5. The third-order valence-corrected chi connectivity index (χ3v) is 3.47. The van der Waals surface area contributed by atoms with Gasteiger partial charge < -0.3 is 14.8 Å². The maximum absolute atomic E-state index is 11.8. The molecule has 2 aromatic rings. The molecular formula is C20H20N2O4. The summed E-state index contributed by atoms with van der Waals surface area (Å²) in [5, 5.41) is 11.5. The van der Waals surface area contributed by atoms with E-state index in [-0.39, 0.29) is 6.42 Å². The fraction of sp³-hybridized carbons (Fsp3) is 0.250. The van der Waals surface area contributed by atoms with Crippen molar-refractivity contribution in [3.63, 3.8) is 0 Å². The molecule has 0 aliphatic heterocycles. The van der Waals surface area contributed by atoms with Crippen molar-refractivity contribution < 1.29 is 19.1 Å². The van der Waals surface area contributed by atoms with Crippen LogP contribution in [0.5, 0.6) is 5.75 Å². The molecule has 0 aliphatic carbocycles. The highest BCUT2D eigenvalue weighted by Gasteiger charge is 2.10. The third kappa shape index (κ3) is 6.29. The van der Waals surface area contributed by atoms with E-state index < -0.39 is 18.5 Å². The quantitative estimate of drug-likeness (QED) is 0.582. The van der Waals surface area contributed by atoms with Crippen LogP contribution in [-0.4, -0.2) is 25.1 Å². The van der Waals surface area contributed by atoms with E-state index >= 15 is 0 Å². The van der Waals surface area contributed by atoms with E-state index in [4.69, 9.17) is 14.7 Å². The Kier molecular flexibility index (Phi) is 7.19. The first-order valence-electron chi connectivity index (χ1n) is 8.22. The van der Waals surface area contributed by atoms with Gasteiger partial charge in [0, 0.05) is 6.42 Å². The standard InChI is InChI=1S/C20H20N2O4/c1-15-6-4-8-17(12-15)25-11-5-10-20(24)26-14-19(23)22-18-9-3-2-7-16(18)13-21/h2-4,6-9,12H,5,10-11,14H2,1H3,(H,22,23). The van der Waals surface area contributed by atoms with Crippen LogP contribution in [0, 0.1) is 18.3 Å². The molecule has 0 radical (unpaired) electrons. The molecule has 0 unspecified atom stereocenters. The lowest BCUT2D eigenvalue weighted by atomic mass is 10.2. The molecule has 0 aliphatic rings. The number of para-hydroxylation sites is 1. The lowest BCUT2D eigenvalue weighted by molar-refractivity contribution is -0.147. The largest absolute Gasteiger partial charge is 0.494 e. The molecule has 0 saturated heterocycles. The van der Waals surface area contributed by atoms with Crippen LogP contribution in [0.3, 0.4) is 0 Å². The lowest BCUT2D eigenvalue weighted by Gasteiger charge is -2.08. The second kappa shape index (κ2) is 9.84. The fourth-order valence-electron chi connectivity index (χ4n) is 2.21. The van der Waals surface area contributed by atoms with Crippen molar-refractivity contribution in [2.45, 2.75) is 19.8 Å². The summed E-state index contributed by atoms with van der Waals surface area (Å²) in [4.78, 5) is 23.5. The van der Waals surface area contributed by atoms with Gasteiger partial charge >= 0.3 is 5.97 Å². The van der Waals surface area contributed by atoms with Gasteiger partial charge in [-0.05, 0) is 43.2 Å². The number of ether oxygens (including phenoxy) is 2. The van der Waals surface area contributed by atoms with Gasteiger partial charge in [0.05, 0.1) is 17.9 Å². The van der Waals surface area contributed by atoms with Crippen molar-refractivity contribution in [2.75, 3.05) is 18.5 Å². The summed E-state index contributed by atoms with van der Waals surface area (Å²) < 4.78 is 10.5. The molecular weight excluding hydrogens is 332 g/mol. The summed E-state index contributed by atoms with van der Waals surface area (Å²) >= 11 is 0. The number of anilines is 1.